The molecule has 26 heavy (non-hydrogen) atoms. The van der Waals surface area contributed by atoms with E-state index in [1.165, 1.54) is 4.31 Å². The van der Waals surface area contributed by atoms with E-state index in [0.29, 0.717) is 30.9 Å². The predicted molar refractivity (Wildman–Crippen MR) is 101 cm³/mol. The number of halogens is 1. The molecule has 3 rings (SSSR count). The van der Waals surface area contributed by atoms with Crippen molar-refractivity contribution in [3.8, 4) is 0 Å². The van der Waals surface area contributed by atoms with Gasteiger partial charge in [0.1, 0.15) is 4.90 Å². The number of sulfonamides is 1. The molecule has 1 aromatic heterocycles. The van der Waals surface area contributed by atoms with Gasteiger partial charge in [0.05, 0.1) is 17.3 Å². The van der Waals surface area contributed by atoms with Gasteiger partial charge in [-0.25, -0.2) is 8.42 Å². The van der Waals surface area contributed by atoms with Gasteiger partial charge < -0.3 is 10.6 Å². The molecule has 0 radical (unpaired) electrons. The van der Waals surface area contributed by atoms with Crippen LogP contribution in [-0.2, 0) is 14.8 Å². The molecule has 0 saturated carbocycles. The number of hydrogen-bond donors (Lipinski definition) is 2. The number of aromatic nitrogens is 2. The number of amides is 1. The van der Waals surface area contributed by atoms with E-state index in [0.717, 1.165) is 25.8 Å². The molecule has 0 aliphatic carbocycles. The summed E-state index contributed by atoms with van der Waals surface area (Å²) in [5, 5.41) is 6.72. The fraction of sp³-hybridized carbons (Fsp3) is 0.750. The minimum Gasteiger partial charge on any atom is -0.338 e. The lowest BCUT2D eigenvalue weighted by molar-refractivity contribution is -0.137. The number of aryl methyl sites for hydroxylation is 2. The Balaban J connectivity index is 0.00000243. The molecule has 3 N–H and O–H groups in total. The Bertz CT molecular complexity index is 732. The van der Waals surface area contributed by atoms with E-state index >= 15 is 0 Å². The molecule has 2 aliphatic rings. The number of hydrogen-bond acceptors (Lipinski definition) is 5. The van der Waals surface area contributed by atoms with Crippen molar-refractivity contribution in [1.29, 1.82) is 0 Å². The van der Waals surface area contributed by atoms with Gasteiger partial charge in [-0.2, -0.15) is 9.40 Å². The SMILES string of the molecule is Cc1n[nH]c(C)c1S(=O)(=O)N1CCCC(C(=O)N2CCCC2CN)C1.Cl. The molecule has 0 bridgehead atoms. The van der Waals surface area contributed by atoms with Gasteiger partial charge in [0.25, 0.3) is 0 Å². The van der Waals surface area contributed by atoms with E-state index in [2.05, 4.69) is 10.2 Å². The molecule has 1 amide bonds. The van der Waals surface area contributed by atoms with Crippen molar-refractivity contribution < 1.29 is 13.2 Å². The first-order chi connectivity index (χ1) is 11.9. The van der Waals surface area contributed by atoms with Crippen molar-refractivity contribution in [3.63, 3.8) is 0 Å². The van der Waals surface area contributed by atoms with Gasteiger partial charge in [-0.1, -0.05) is 0 Å². The second-order valence-electron chi connectivity index (χ2n) is 7.03. The first-order valence-corrected chi connectivity index (χ1v) is 10.3. The van der Waals surface area contributed by atoms with Gasteiger partial charge in [0.15, 0.2) is 0 Å². The van der Waals surface area contributed by atoms with Crippen LogP contribution in [0.1, 0.15) is 37.1 Å². The maximum absolute atomic E-state index is 13.0. The molecule has 0 aromatic carbocycles. The highest BCUT2D eigenvalue weighted by Gasteiger charge is 2.39. The van der Waals surface area contributed by atoms with E-state index in [4.69, 9.17) is 5.73 Å². The van der Waals surface area contributed by atoms with Crippen molar-refractivity contribution in [1.82, 2.24) is 19.4 Å². The van der Waals surface area contributed by atoms with Crippen LogP contribution in [0, 0.1) is 19.8 Å². The van der Waals surface area contributed by atoms with E-state index in [-0.39, 0.29) is 41.7 Å². The lowest BCUT2D eigenvalue weighted by Gasteiger charge is -2.34. The van der Waals surface area contributed by atoms with E-state index in [9.17, 15) is 13.2 Å². The van der Waals surface area contributed by atoms with Crippen LogP contribution < -0.4 is 5.73 Å². The summed E-state index contributed by atoms with van der Waals surface area (Å²) in [6, 6.07) is 0.0952. The lowest BCUT2D eigenvalue weighted by atomic mass is 9.97. The highest BCUT2D eigenvalue weighted by atomic mass is 35.5. The van der Waals surface area contributed by atoms with E-state index < -0.39 is 10.0 Å². The third kappa shape index (κ3) is 3.76. The van der Waals surface area contributed by atoms with Crippen molar-refractivity contribution >= 4 is 28.3 Å². The second-order valence-corrected chi connectivity index (χ2v) is 8.90. The Morgan fingerprint density at radius 2 is 1.96 bits per heavy atom. The highest BCUT2D eigenvalue weighted by Crippen LogP contribution is 2.29. The van der Waals surface area contributed by atoms with Crippen LogP contribution in [0.4, 0.5) is 0 Å². The fourth-order valence-electron chi connectivity index (χ4n) is 4.02. The molecule has 0 spiro atoms. The van der Waals surface area contributed by atoms with Gasteiger partial charge >= 0.3 is 0 Å². The largest absolute Gasteiger partial charge is 0.338 e. The number of nitrogens with zero attached hydrogens (tertiary/aromatic N) is 3. The zero-order chi connectivity index (χ0) is 18.2. The molecule has 3 heterocycles. The molecular formula is C16H28ClN5O3S. The minimum atomic E-state index is -3.64. The van der Waals surface area contributed by atoms with Crippen LogP contribution >= 0.6 is 12.4 Å². The standard InChI is InChI=1S/C16H27N5O3S.ClH/c1-11-15(12(2)19-18-11)25(23,24)20-7-3-5-13(10-20)16(22)21-8-4-6-14(21)9-17;/h13-14H,3-10,17H2,1-2H3,(H,18,19);1H. The molecular weight excluding hydrogens is 378 g/mol. The Morgan fingerprint density at radius 1 is 1.27 bits per heavy atom. The number of carbonyl (C=O) groups excluding carboxylic acids is 1. The van der Waals surface area contributed by atoms with E-state index in [1.54, 1.807) is 13.8 Å². The lowest BCUT2D eigenvalue weighted by Crippen LogP contribution is -2.49. The summed E-state index contributed by atoms with van der Waals surface area (Å²) in [5.41, 5.74) is 6.78. The zero-order valence-electron chi connectivity index (χ0n) is 15.3. The predicted octanol–water partition coefficient (Wildman–Crippen LogP) is 0.799. The number of piperidine rings is 1. The Hall–Kier alpha value is -1.16. The van der Waals surface area contributed by atoms with Crippen molar-refractivity contribution in [3.05, 3.63) is 11.4 Å². The molecule has 2 saturated heterocycles. The molecule has 148 valence electrons. The highest BCUT2D eigenvalue weighted by molar-refractivity contribution is 7.89. The monoisotopic (exact) mass is 405 g/mol. The molecule has 2 aliphatic heterocycles. The molecule has 2 atom stereocenters. The molecule has 10 heteroatoms. The van der Waals surface area contributed by atoms with Crippen LogP contribution in [0.25, 0.3) is 0 Å². The van der Waals surface area contributed by atoms with Gasteiger partial charge in [0.2, 0.25) is 15.9 Å². The maximum atomic E-state index is 13.0. The van der Waals surface area contributed by atoms with Gasteiger partial charge in [-0.3, -0.25) is 9.89 Å². The number of nitrogens with two attached hydrogens (primary N) is 1. The topological polar surface area (TPSA) is 112 Å². The normalized spacial score (nSPS) is 24.5. The zero-order valence-corrected chi connectivity index (χ0v) is 16.9. The van der Waals surface area contributed by atoms with Crippen LogP contribution in [-0.4, -0.2) is 65.9 Å². The third-order valence-corrected chi connectivity index (χ3v) is 7.45. The molecule has 1 aromatic rings. The Kier molecular flexibility index (Phi) is 6.70. The first-order valence-electron chi connectivity index (χ1n) is 8.88. The fourth-order valence-corrected chi connectivity index (χ4v) is 5.87. The minimum absolute atomic E-state index is 0. The van der Waals surface area contributed by atoms with Crippen LogP contribution in [0.5, 0.6) is 0 Å². The Morgan fingerprint density at radius 3 is 2.58 bits per heavy atom. The number of nitrogens with one attached hydrogen (secondary N) is 1. The van der Waals surface area contributed by atoms with Crippen LogP contribution in [0.2, 0.25) is 0 Å². The van der Waals surface area contributed by atoms with Gasteiger partial charge in [-0.05, 0) is 39.5 Å². The summed E-state index contributed by atoms with van der Waals surface area (Å²) >= 11 is 0. The number of H-pyrrole nitrogens is 1. The second kappa shape index (κ2) is 8.24. The van der Waals surface area contributed by atoms with Crippen molar-refractivity contribution in [2.45, 2.75) is 50.5 Å². The van der Waals surface area contributed by atoms with Crippen LogP contribution in [0.3, 0.4) is 0 Å². The van der Waals surface area contributed by atoms with E-state index in [1.807, 2.05) is 4.90 Å². The molecule has 2 unspecified atom stereocenters. The average Bonchev–Trinajstić information content (AvgIpc) is 3.20. The quantitative estimate of drug-likeness (QED) is 0.769. The summed E-state index contributed by atoms with van der Waals surface area (Å²) in [4.78, 5) is 15.0. The van der Waals surface area contributed by atoms with Crippen molar-refractivity contribution in [2.24, 2.45) is 11.7 Å². The molecule has 2 fully saturated rings. The number of aromatic amines is 1. The smallest absolute Gasteiger partial charge is 0.246 e. The molecule has 8 nitrogen and oxygen atoms in total. The first kappa shape index (κ1) is 21.1. The Labute approximate surface area is 160 Å². The van der Waals surface area contributed by atoms with Gasteiger partial charge in [0, 0.05) is 32.2 Å². The number of carbonyl (C=O) groups is 1. The summed E-state index contributed by atoms with van der Waals surface area (Å²) < 4.78 is 27.5. The number of likely N-dealkylation sites (tertiary alicyclic amines) is 1. The third-order valence-electron chi connectivity index (χ3n) is 5.32. The summed E-state index contributed by atoms with van der Waals surface area (Å²) in [6.45, 7) is 5.25. The number of rotatable bonds is 4. The average molecular weight is 406 g/mol. The summed E-state index contributed by atoms with van der Waals surface area (Å²) in [7, 11) is -3.64. The summed E-state index contributed by atoms with van der Waals surface area (Å²) in [5.74, 6) is -0.239. The van der Waals surface area contributed by atoms with Crippen LogP contribution in [0.15, 0.2) is 4.90 Å². The summed E-state index contributed by atoms with van der Waals surface area (Å²) in [6.07, 6.45) is 3.31. The maximum Gasteiger partial charge on any atom is 0.246 e. The van der Waals surface area contributed by atoms with Crippen molar-refractivity contribution in [2.75, 3.05) is 26.2 Å². The van der Waals surface area contributed by atoms with Gasteiger partial charge in [-0.15, -0.1) is 12.4 Å².